The van der Waals surface area contributed by atoms with Crippen molar-refractivity contribution in [2.24, 2.45) is 0 Å². The maximum atomic E-state index is 6.01. The monoisotopic (exact) mass is 399 g/mol. The Morgan fingerprint density at radius 2 is 1.85 bits per heavy atom. The Morgan fingerprint density at radius 3 is 2.45 bits per heavy atom. The van der Waals surface area contributed by atoms with Crippen LogP contribution in [0.3, 0.4) is 0 Å². The quantitative estimate of drug-likeness (QED) is 0.681. The molecule has 0 amide bonds. The van der Waals surface area contributed by atoms with E-state index in [1.807, 2.05) is 12.1 Å². The van der Waals surface area contributed by atoms with E-state index in [0.29, 0.717) is 0 Å². The molecule has 1 N–H and O–H groups in total. The number of halogens is 2. The minimum absolute atomic E-state index is 0.228. The van der Waals surface area contributed by atoms with Gasteiger partial charge in [0, 0.05) is 14.5 Å². The molecule has 0 spiro atoms. The number of hydrogen-bond acceptors (Lipinski definition) is 2. The first-order valence-electron chi connectivity index (χ1n) is 6.82. The number of furan rings is 1. The summed E-state index contributed by atoms with van der Waals surface area (Å²) in [6.45, 7) is 7.35. The zero-order valence-corrected chi connectivity index (χ0v) is 15.1. The van der Waals surface area contributed by atoms with E-state index >= 15 is 0 Å². The van der Waals surface area contributed by atoms with Gasteiger partial charge in [-0.15, -0.1) is 0 Å². The van der Waals surface area contributed by atoms with Crippen LogP contribution in [0.2, 0.25) is 0 Å². The van der Waals surface area contributed by atoms with Crippen LogP contribution < -0.4 is 5.32 Å². The van der Waals surface area contributed by atoms with Crippen LogP contribution in [0, 0.1) is 6.92 Å². The lowest BCUT2D eigenvalue weighted by Gasteiger charge is -2.10. The van der Waals surface area contributed by atoms with Crippen LogP contribution in [-0.4, -0.2) is 6.54 Å². The predicted molar refractivity (Wildman–Crippen MR) is 91.0 cm³/mol. The predicted octanol–water partition coefficient (Wildman–Crippen LogP) is 5.84. The summed E-state index contributed by atoms with van der Waals surface area (Å²) in [5.74, 6) is 1.84. The molecule has 20 heavy (non-hydrogen) atoms. The topological polar surface area (TPSA) is 25.2 Å². The van der Waals surface area contributed by atoms with Gasteiger partial charge in [0.05, 0.1) is 6.04 Å². The van der Waals surface area contributed by atoms with Gasteiger partial charge in [0.2, 0.25) is 0 Å². The van der Waals surface area contributed by atoms with Crippen LogP contribution in [-0.2, 0) is 0 Å². The van der Waals surface area contributed by atoms with E-state index < -0.39 is 0 Å². The lowest BCUT2D eigenvalue weighted by molar-refractivity contribution is 0.438. The number of nitrogens with one attached hydrogen (secondary N) is 1. The Labute approximate surface area is 137 Å². The maximum absolute atomic E-state index is 6.01. The third kappa shape index (κ3) is 3.54. The zero-order valence-electron chi connectivity index (χ0n) is 12.0. The van der Waals surface area contributed by atoms with Gasteiger partial charge >= 0.3 is 0 Å². The molecule has 1 aromatic heterocycles. The molecule has 0 aliphatic heterocycles. The van der Waals surface area contributed by atoms with E-state index in [9.17, 15) is 0 Å². The van der Waals surface area contributed by atoms with E-state index in [1.54, 1.807) is 0 Å². The molecule has 0 fully saturated rings. The fraction of sp³-hybridized carbons (Fsp3) is 0.375. The zero-order chi connectivity index (χ0) is 14.7. The van der Waals surface area contributed by atoms with E-state index in [1.165, 1.54) is 5.56 Å². The van der Waals surface area contributed by atoms with Crippen molar-refractivity contribution in [2.45, 2.75) is 33.2 Å². The summed E-state index contributed by atoms with van der Waals surface area (Å²) in [6, 6.07) is 8.50. The molecule has 2 rings (SSSR count). The normalized spacial score (nSPS) is 12.7. The minimum atomic E-state index is 0.228. The van der Waals surface area contributed by atoms with Crippen molar-refractivity contribution in [1.29, 1.82) is 0 Å². The molecule has 2 nitrogen and oxygen atoms in total. The number of rotatable bonds is 5. The summed E-state index contributed by atoms with van der Waals surface area (Å²) in [7, 11) is 0. The molecular formula is C16H19Br2NO. The first-order chi connectivity index (χ1) is 9.52. The molecule has 0 saturated carbocycles. The van der Waals surface area contributed by atoms with Crippen LogP contribution in [0.1, 0.15) is 37.6 Å². The van der Waals surface area contributed by atoms with Crippen molar-refractivity contribution >= 4 is 31.9 Å². The van der Waals surface area contributed by atoms with Crippen molar-refractivity contribution in [3.63, 3.8) is 0 Å². The Hall–Kier alpha value is -0.580. The Morgan fingerprint density at radius 1 is 1.20 bits per heavy atom. The Kier molecular flexibility index (Phi) is 5.47. The van der Waals surface area contributed by atoms with Gasteiger partial charge in [-0.05, 0) is 88.5 Å². The van der Waals surface area contributed by atoms with Crippen LogP contribution in [0.5, 0.6) is 0 Å². The molecule has 108 valence electrons. The SMILES string of the molecule is CCCNC(C)c1ccc(-c2c(Br)cc(C)cc2Br)o1. The smallest absolute Gasteiger partial charge is 0.136 e. The van der Waals surface area contributed by atoms with Crippen molar-refractivity contribution < 1.29 is 4.42 Å². The Bertz CT molecular complexity index is 569. The molecule has 0 radical (unpaired) electrons. The van der Waals surface area contributed by atoms with Gasteiger partial charge in [-0.3, -0.25) is 0 Å². The average molecular weight is 401 g/mol. The summed E-state index contributed by atoms with van der Waals surface area (Å²) in [6.07, 6.45) is 1.12. The van der Waals surface area contributed by atoms with Gasteiger partial charge in [-0.1, -0.05) is 6.92 Å². The van der Waals surface area contributed by atoms with Crippen LogP contribution in [0.25, 0.3) is 11.3 Å². The van der Waals surface area contributed by atoms with Crippen LogP contribution in [0.4, 0.5) is 0 Å². The first kappa shape index (κ1) is 15.8. The number of aryl methyl sites for hydroxylation is 1. The molecule has 4 heteroatoms. The highest BCUT2D eigenvalue weighted by Crippen LogP contribution is 2.37. The highest BCUT2D eigenvalue weighted by atomic mass is 79.9. The molecule has 0 aliphatic carbocycles. The minimum Gasteiger partial charge on any atom is -0.459 e. The van der Waals surface area contributed by atoms with Gasteiger partial charge in [-0.25, -0.2) is 0 Å². The summed E-state index contributed by atoms with van der Waals surface area (Å²) in [4.78, 5) is 0. The molecule has 1 unspecified atom stereocenters. The van der Waals surface area contributed by atoms with Gasteiger partial charge in [0.1, 0.15) is 11.5 Å². The van der Waals surface area contributed by atoms with Crippen LogP contribution in [0.15, 0.2) is 37.6 Å². The molecule has 0 saturated heterocycles. The summed E-state index contributed by atoms with van der Waals surface area (Å²) in [5.41, 5.74) is 2.27. The van der Waals surface area contributed by atoms with Gasteiger partial charge < -0.3 is 9.73 Å². The third-order valence-electron chi connectivity index (χ3n) is 3.19. The third-order valence-corrected chi connectivity index (χ3v) is 4.44. The maximum Gasteiger partial charge on any atom is 0.136 e. The average Bonchev–Trinajstić information content (AvgIpc) is 2.84. The van der Waals surface area contributed by atoms with E-state index in [4.69, 9.17) is 4.42 Å². The second kappa shape index (κ2) is 6.92. The highest BCUT2D eigenvalue weighted by molar-refractivity contribution is 9.11. The second-order valence-corrected chi connectivity index (χ2v) is 6.69. The van der Waals surface area contributed by atoms with Crippen molar-refractivity contribution in [3.05, 3.63) is 44.5 Å². The van der Waals surface area contributed by atoms with Gasteiger partial charge in [0.25, 0.3) is 0 Å². The fourth-order valence-corrected chi connectivity index (χ4v) is 3.92. The van der Waals surface area contributed by atoms with Crippen molar-refractivity contribution in [3.8, 4) is 11.3 Å². The molecule has 1 aromatic carbocycles. The standard InChI is InChI=1S/C16H19Br2NO/c1-4-7-19-11(3)14-5-6-15(20-14)16-12(17)8-10(2)9-13(16)18/h5-6,8-9,11,19H,4,7H2,1-3H3. The van der Waals surface area contributed by atoms with E-state index in [-0.39, 0.29) is 6.04 Å². The molecule has 0 bridgehead atoms. The molecular weight excluding hydrogens is 382 g/mol. The fourth-order valence-electron chi connectivity index (χ4n) is 2.12. The Balaban J connectivity index is 2.29. The largest absolute Gasteiger partial charge is 0.459 e. The van der Waals surface area contributed by atoms with E-state index in [0.717, 1.165) is 39.0 Å². The molecule has 1 atom stereocenters. The lowest BCUT2D eigenvalue weighted by atomic mass is 10.1. The van der Waals surface area contributed by atoms with Gasteiger partial charge in [-0.2, -0.15) is 0 Å². The number of benzene rings is 1. The summed E-state index contributed by atoms with van der Waals surface area (Å²) >= 11 is 7.23. The van der Waals surface area contributed by atoms with Crippen molar-refractivity contribution in [2.75, 3.05) is 6.54 Å². The summed E-state index contributed by atoms with van der Waals surface area (Å²) < 4.78 is 8.09. The summed E-state index contributed by atoms with van der Waals surface area (Å²) in [5, 5.41) is 3.43. The number of hydrogen-bond donors (Lipinski definition) is 1. The first-order valence-corrected chi connectivity index (χ1v) is 8.40. The van der Waals surface area contributed by atoms with Gasteiger partial charge in [0.15, 0.2) is 0 Å². The van der Waals surface area contributed by atoms with Crippen molar-refractivity contribution in [1.82, 2.24) is 5.32 Å². The lowest BCUT2D eigenvalue weighted by Crippen LogP contribution is -2.18. The molecule has 2 aromatic rings. The molecule has 1 heterocycles. The highest BCUT2D eigenvalue weighted by Gasteiger charge is 2.15. The van der Waals surface area contributed by atoms with E-state index in [2.05, 4.69) is 70.1 Å². The van der Waals surface area contributed by atoms with Crippen LogP contribution >= 0.6 is 31.9 Å². The molecule has 0 aliphatic rings. The second-order valence-electron chi connectivity index (χ2n) is 4.98.